The zero-order valence-corrected chi connectivity index (χ0v) is 15.6. The fourth-order valence-corrected chi connectivity index (χ4v) is 3.86. The van der Waals surface area contributed by atoms with E-state index in [0.29, 0.717) is 24.6 Å². The summed E-state index contributed by atoms with van der Waals surface area (Å²) in [5.74, 6) is 0.486. The maximum atomic E-state index is 13.2. The molecule has 4 heterocycles. The Kier molecular flexibility index (Phi) is 4.19. The van der Waals surface area contributed by atoms with E-state index >= 15 is 0 Å². The van der Waals surface area contributed by atoms with Gasteiger partial charge in [0.05, 0.1) is 18.1 Å². The van der Waals surface area contributed by atoms with Crippen molar-refractivity contribution in [2.45, 2.75) is 25.4 Å². The molecule has 0 spiro atoms. The molecule has 9 nitrogen and oxygen atoms in total. The minimum absolute atomic E-state index is 0.110. The number of hydrogen-bond acceptors (Lipinski definition) is 5. The number of benzene rings is 1. The number of amides is 1. The Morgan fingerprint density at radius 3 is 2.97 bits per heavy atom. The molecule has 0 aliphatic carbocycles. The van der Waals surface area contributed by atoms with Crippen LogP contribution in [0.4, 0.5) is 0 Å². The van der Waals surface area contributed by atoms with E-state index in [1.165, 1.54) is 10.7 Å². The Bertz CT molecular complexity index is 1230. The number of fused-ring (bicyclic) bond motifs is 1. The van der Waals surface area contributed by atoms with Crippen molar-refractivity contribution in [2.24, 2.45) is 0 Å². The minimum atomic E-state index is -0.196. The predicted molar refractivity (Wildman–Crippen MR) is 106 cm³/mol. The van der Waals surface area contributed by atoms with Crippen LogP contribution in [0.5, 0.6) is 0 Å². The number of carbonyl (C=O) groups excluding carboxylic acids is 1. The molecular formula is C20H19N7O2. The number of rotatable bonds is 4. The molecule has 1 aliphatic rings. The van der Waals surface area contributed by atoms with Crippen LogP contribution in [0.15, 0.2) is 59.9 Å². The second-order valence-corrected chi connectivity index (χ2v) is 7.09. The van der Waals surface area contributed by atoms with Gasteiger partial charge in [0, 0.05) is 30.4 Å². The maximum Gasteiger partial charge on any atom is 0.275 e. The summed E-state index contributed by atoms with van der Waals surface area (Å²) in [4.78, 5) is 31.4. The van der Waals surface area contributed by atoms with E-state index in [-0.39, 0.29) is 17.5 Å². The van der Waals surface area contributed by atoms with E-state index < -0.39 is 0 Å². The van der Waals surface area contributed by atoms with Gasteiger partial charge in [-0.25, -0.2) is 9.67 Å². The average molecular weight is 389 g/mol. The predicted octanol–water partition coefficient (Wildman–Crippen LogP) is 1.61. The fourth-order valence-electron chi connectivity index (χ4n) is 3.86. The first-order valence-electron chi connectivity index (χ1n) is 9.51. The molecule has 146 valence electrons. The third-order valence-electron chi connectivity index (χ3n) is 5.32. The molecule has 1 N–H and O–H groups in total. The highest BCUT2D eigenvalue weighted by molar-refractivity contribution is 6.04. The van der Waals surface area contributed by atoms with E-state index in [0.717, 1.165) is 23.7 Å². The topological polar surface area (TPSA) is 102 Å². The summed E-state index contributed by atoms with van der Waals surface area (Å²) >= 11 is 0. The number of nitrogens with one attached hydrogen (secondary N) is 1. The van der Waals surface area contributed by atoms with Crippen molar-refractivity contribution in [1.82, 2.24) is 34.4 Å². The first-order valence-corrected chi connectivity index (χ1v) is 9.51. The number of aromatic nitrogens is 6. The highest BCUT2D eigenvalue weighted by atomic mass is 16.2. The minimum Gasteiger partial charge on any atom is -0.332 e. The number of carbonyl (C=O) groups is 1. The normalized spacial score (nSPS) is 16.6. The lowest BCUT2D eigenvalue weighted by Gasteiger charge is -2.24. The molecule has 0 bridgehead atoms. The molecule has 4 aromatic rings. The number of imidazole rings is 1. The van der Waals surface area contributed by atoms with Crippen molar-refractivity contribution in [2.75, 3.05) is 6.54 Å². The second kappa shape index (κ2) is 7.01. The molecule has 0 radical (unpaired) electrons. The molecule has 1 amide bonds. The summed E-state index contributed by atoms with van der Waals surface area (Å²) in [6.07, 6.45) is 6.76. The van der Waals surface area contributed by atoms with Gasteiger partial charge in [0.15, 0.2) is 11.5 Å². The number of nitrogens with zero attached hydrogens (tertiary/aromatic N) is 6. The zero-order chi connectivity index (χ0) is 19.8. The Labute approximate surface area is 165 Å². The van der Waals surface area contributed by atoms with Gasteiger partial charge in [-0.15, -0.1) is 0 Å². The lowest BCUT2D eigenvalue weighted by atomic mass is 10.1. The molecule has 1 saturated heterocycles. The molecule has 1 fully saturated rings. The van der Waals surface area contributed by atoms with E-state index in [1.54, 1.807) is 34.3 Å². The van der Waals surface area contributed by atoms with Gasteiger partial charge >= 0.3 is 0 Å². The number of likely N-dealkylation sites (tertiary alicyclic amines) is 1. The Hall–Kier alpha value is -3.75. The largest absolute Gasteiger partial charge is 0.332 e. The Morgan fingerprint density at radius 2 is 2.10 bits per heavy atom. The van der Waals surface area contributed by atoms with Gasteiger partial charge in [-0.1, -0.05) is 18.2 Å². The Balaban J connectivity index is 1.42. The van der Waals surface area contributed by atoms with Crippen molar-refractivity contribution in [3.05, 3.63) is 71.2 Å². The molecule has 1 aromatic carbocycles. The van der Waals surface area contributed by atoms with Crippen LogP contribution in [-0.4, -0.2) is 52.9 Å². The molecule has 1 unspecified atom stereocenters. The van der Waals surface area contributed by atoms with Gasteiger partial charge in [-0.2, -0.15) is 10.2 Å². The van der Waals surface area contributed by atoms with Crippen molar-refractivity contribution in [3.63, 3.8) is 0 Å². The van der Waals surface area contributed by atoms with Gasteiger partial charge in [0.25, 0.3) is 11.5 Å². The highest BCUT2D eigenvalue weighted by Crippen LogP contribution is 2.24. The molecular weight excluding hydrogens is 370 g/mol. The van der Waals surface area contributed by atoms with E-state index in [9.17, 15) is 9.59 Å². The number of H-pyrrole nitrogens is 1. The van der Waals surface area contributed by atoms with Crippen molar-refractivity contribution < 1.29 is 4.79 Å². The van der Waals surface area contributed by atoms with Gasteiger partial charge in [-0.3, -0.25) is 19.3 Å². The summed E-state index contributed by atoms with van der Waals surface area (Å²) in [6, 6.07) is 10.6. The monoisotopic (exact) mass is 389 g/mol. The fraction of sp³-hybridized carbons (Fsp3) is 0.250. The standard InChI is InChI=1S/C20H19N7O2/c28-18-8-7-17(25-11-9-21-13-25)24-27(18)12-14-4-3-10-26(14)20(29)19-15-5-1-2-6-16(15)22-23-19/h1-2,5-9,11,13-14H,3-4,10,12H2,(H,22,23). The molecule has 1 aliphatic heterocycles. The molecule has 5 rings (SSSR count). The quantitative estimate of drug-likeness (QED) is 0.571. The Morgan fingerprint density at radius 1 is 1.21 bits per heavy atom. The first-order chi connectivity index (χ1) is 14.2. The zero-order valence-electron chi connectivity index (χ0n) is 15.6. The van der Waals surface area contributed by atoms with Gasteiger partial charge < -0.3 is 4.90 Å². The maximum absolute atomic E-state index is 13.2. The number of aromatic amines is 1. The third kappa shape index (κ3) is 3.10. The lowest BCUT2D eigenvalue weighted by molar-refractivity contribution is 0.0716. The van der Waals surface area contributed by atoms with Crippen LogP contribution in [-0.2, 0) is 6.54 Å². The SMILES string of the molecule is O=C(c1n[nH]c2ccccc12)N1CCCC1Cn1nc(-n2ccnc2)ccc1=O. The second-order valence-electron chi connectivity index (χ2n) is 7.09. The third-order valence-corrected chi connectivity index (χ3v) is 5.32. The average Bonchev–Trinajstić information content (AvgIpc) is 3.50. The van der Waals surface area contributed by atoms with E-state index in [1.807, 2.05) is 24.3 Å². The van der Waals surface area contributed by atoms with Crippen molar-refractivity contribution in [1.29, 1.82) is 0 Å². The summed E-state index contributed by atoms with van der Waals surface area (Å²) in [5, 5.41) is 12.4. The molecule has 3 aromatic heterocycles. The van der Waals surface area contributed by atoms with Gasteiger partial charge in [0.2, 0.25) is 0 Å². The van der Waals surface area contributed by atoms with E-state index in [2.05, 4.69) is 20.3 Å². The summed E-state index contributed by atoms with van der Waals surface area (Å²) in [6.45, 7) is 0.982. The summed E-state index contributed by atoms with van der Waals surface area (Å²) in [5.41, 5.74) is 1.05. The van der Waals surface area contributed by atoms with Gasteiger partial charge in [0.1, 0.15) is 6.33 Å². The van der Waals surface area contributed by atoms with Crippen LogP contribution in [0.1, 0.15) is 23.3 Å². The smallest absolute Gasteiger partial charge is 0.275 e. The van der Waals surface area contributed by atoms with Crippen molar-refractivity contribution in [3.8, 4) is 5.82 Å². The van der Waals surface area contributed by atoms with Crippen molar-refractivity contribution >= 4 is 16.8 Å². The van der Waals surface area contributed by atoms with Crippen LogP contribution in [0.2, 0.25) is 0 Å². The lowest BCUT2D eigenvalue weighted by Crippen LogP contribution is -2.41. The summed E-state index contributed by atoms with van der Waals surface area (Å²) in [7, 11) is 0. The first kappa shape index (κ1) is 17.4. The molecule has 0 saturated carbocycles. The number of hydrogen-bond donors (Lipinski definition) is 1. The van der Waals surface area contributed by atoms with E-state index in [4.69, 9.17) is 0 Å². The molecule has 1 atom stereocenters. The van der Waals surface area contributed by atoms with Crippen LogP contribution in [0.25, 0.3) is 16.7 Å². The van der Waals surface area contributed by atoms with Crippen LogP contribution in [0.3, 0.4) is 0 Å². The summed E-state index contributed by atoms with van der Waals surface area (Å²) < 4.78 is 3.16. The highest BCUT2D eigenvalue weighted by Gasteiger charge is 2.32. The van der Waals surface area contributed by atoms with Crippen LogP contribution < -0.4 is 5.56 Å². The van der Waals surface area contributed by atoms with Crippen LogP contribution in [0, 0.1) is 0 Å². The molecule has 9 heteroatoms. The van der Waals surface area contributed by atoms with Crippen LogP contribution >= 0.6 is 0 Å². The number of para-hydroxylation sites is 1. The van der Waals surface area contributed by atoms with Gasteiger partial charge in [-0.05, 0) is 25.0 Å². The molecule has 29 heavy (non-hydrogen) atoms.